The molecule has 2 aliphatic heterocycles. The summed E-state index contributed by atoms with van der Waals surface area (Å²) in [6.45, 7) is 12.9. The summed E-state index contributed by atoms with van der Waals surface area (Å²) in [7, 11) is 0. The monoisotopic (exact) mass is 295 g/mol. The van der Waals surface area contributed by atoms with E-state index in [9.17, 15) is 4.79 Å². The molecule has 2 saturated heterocycles. The van der Waals surface area contributed by atoms with E-state index in [0.717, 1.165) is 45.7 Å². The molecule has 2 heterocycles. The van der Waals surface area contributed by atoms with Gasteiger partial charge in [-0.25, -0.2) is 0 Å². The normalized spacial score (nSPS) is 27.4. The van der Waals surface area contributed by atoms with Crippen molar-refractivity contribution in [1.82, 2.24) is 15.1 Å². The maximum Gasteiger partial charge on any atom is 0.222 e. The minimum Gasteiger partial charge on any atom is -0.340 e. The topological polar surface area (TPSA) is 35.6 Å². The molecule has 0 bridgehead atoms. The van der Waals surface area contributed by atoms with E-state index >= 15 is 0 Å². The summed E-state index contributed by atoms with van der Waals surface area (Å²) in [4.78, 5) is 17.1. The van der Waals surface area contributed by atoms with Gasteiger partial charge in [0.2, 0.25) is 5.91 Å². The number of hydrogen-bond acceptors (Lipinski definition) is 3. The minimum absolute atomic E-state index is 0.372. The first-order valence-corrected chi connectivity index (χ1v) is 8.84. The van der Waals surface area contributed by atoms with Gasteiger partial charge < -0.3 is 10.2 Å². The Labute approximate surface area is 130 Å². The molecule has 4 heteroatoms. The third-order valence-corrected chi connectivity index (χ3v) is 5.52. The highest BCUT2D eigenvalue weighted by atomic mass is 16.2. The van der Waals surface area contributed by atoms with Gasteiger partial charge in [-0.3, -0.25) is 9.69 Å². The van der Waals surface area contributed by atoms with Crippen molar-refractivity contribution in [3.05, 3.63) is 0 Å². The number of amides is 1. The quantitative estimate of drug-likeness (QED) is 0.842. The number of hydrogen-bond donors (Lipinski definition) is 1. The summed E-state index contributed by atoms with van der Waals surface area (Å²) in [6, 6.07) is 0.648. The van der Waals surface area contributed by atoms with Crippen LogP contribution >= 0.6 is 0 Å². The molecule has 2 rings (SSSR count). The van der Waals surface area contributed by atoms with Crippen molar-refractivity contribution >= 4 is 5.91 Å². The lowest BCUT2D eigenvalue weighted by molar-refractivity contribution is -0.134. The number of rotatable bonds is 5. The van der Waals surface area contributed by atoms with Crippen LogP contribution in [0, 0.1) is 11.8 Å². The van der Waals surface area contributed by atoms with Gasteiger partial charge in [0.25, 0.3) is 0 Å². The SMILES string of the molecule is CCC(C)N1CCN(C(=O)CC(C)C2CCCNC2)CC1. The Kier molecular flexibility index (Phi) is 6.49. The maximum absolute atomic E-state index is 12.5. The molecule has 0 aliphatic carbocycles. The summed E-state index contributed by atoms with van der Waals surface area (Å²) in [5.41, 5.74) is 0. The Balaban J connectivity index is 1.74. The van der Waals surface area contributed by atoms with E-state index < -0.39 is 0 Å². The van der Waals surface area contributed by atoms with Crippen molar-refractivity contribution < 1.29 is 4.79 Å². The van der Waals surface area contributed by atoms with Crippen LogP contribution < -0.4 is 5.32 Å². The van der Waals surface area contributed by atoms with Gasteiger partial charge in [-0.1, -0.05) is 13.8 Å². The molecule has 0 aromatic rings. The maximum atomic E-state index is 12.5. The molecule has 1 N–H and O–H groups in total. The standard InChI is InChI=1S/C17H33N3O/c1-4-15(3)19-8-10-20(11-9-19)17(21)12-14(2)16-6-5-7-18-13-16/h14-16,18H,4-13H2,1-3H3. The lowest BCUT2D eigenvalue weighted by Gasteiger charge is -2.38. The van der Waals surface area contributed by atoms with Crippen molar-refractivity contribution in [3.63, 3.8) is 0 Å². The Bertz CT molecular complexity index is 320. The van der Waals surface area contributed by atoms with Gasteiger partial charge in [0.15, 0.2) is 0 Å². The minimum atomic E-state index is 0.372. The predicted octanol–water partition coefficient (Wildman–Crippen LogP) is 1.95. The van der Waals surface area contributed by atoms with Crippen LogP contribution in [0.2, 0.25) is 0 Å². The Morgan fingerprint density at radius 2 is 1.95 bits per heavy atom. The van der Waals surface area contributed by atoms with Crippen LogP contribution in [-0.4, -0.2) is 61.0 Å². The second kappa shape index (κ2) is 8.14. The molecule has 1 amide bonds. The van der Waals surface area contributed by atoms with Crippen LogP contribution in [0.1, 0.15) is 46.5 Å². The highest BCUT2D eigenvalue weighted by Crippen LogP contribution is 2.23. The van der Waals surface area contributed by atoms with Gasteiger partial charge >= 0.3 is 0 Å². The Hall–Kier alpha value is -0.610. The second-order valence-electron chi connectivity index (χ2n) is 6.96. The molecule has 21 heavy (non-hydrogen) atoms. The third kappa shape index (κ3) is 4.68. The molecule has 0 spiro atoms. The smallest absolute Gasteiger partial charge is 0.222 e. The number of nitrogens with one attached hydrogen (secondary N) is 1. The second-order valence-corrected chi connectivity index (χ2v) is 6.96. The average Bonchev–Trinajstić information content (AvgIpc) is 2.55. The van der Waals surface area contributed by atoms with Crippen LogP contribution in [0.5, 0.6) is 0 Å². The summed E-state index contributed by atoms with van der Waals surface area (Å²) < 4.78 is 0. The molecule has 3 unspecified atom stereocenters. The molecule has 0 aromatic carbocycles. The molecular formula is C17H33N3O. The highest BCUT2D eigenvalue weighted by molar-refractivity contribution is 5.76. The highest BCUT2D eigenvalue weighted by Gasteiger charge is 2.27. The van der Waals surface area contributed by atoms with Gasteiger partial charge in [-0.05, 0) is 51.1 Å². The largest absolute Gasteiger partial charge is 0.340 e. The third-order valence-electron chi connectivity index (χ3n) is 5.52. The average molecular weight is 295 g/mol. The van der Waals surface area contributed by atoms with E-state index in [1.165, 1.54) is 19.3 Å². The Morgan fingerprint density at radius 1 is 1.24 bits per heavy atom. The molecule has 4 nitrogen and oxygen atoms in total. The molecule has 3 atom stereocenters. The van der Waals surface area contributed by atoms with Gasteiger partial charge in [0.1, 0.15) is 0 Å². The van der Waals surface area contributed by atoms with Gasteiger partial charge in [0, 0.05) is 38.6 Å². The van der Waals surface area contributed by atoms with E-state index in [1.54, 1.807) is 0 Å². The molecule has 0 aromatic heterocycles. The summed E-state index contributed by atoms with van der Waals surface area (Å²) in [5, 5.41) is 3.46. The summed E-state index contributed by atoms with van der Waals surface area (Å²) in [6.07, 6.45) is 4.47. The number of piperazine rings is 1. The summed E-state index contributed by atoms with van der Waals surface area (Å²) >= 11 is 0. The van der Waals surface area contributed by atoms with Crippen LogP contribution in [0.4, 0.5) is 0 Å². The van der Waals surface area contributed by atoms with Crippen LogP contribution in [-0.2, 0) is 4.79 Å². The number of nitrogens with zero attached hydrogens (tertiary/aromatic N) is 2. The molecule has 0 saturated carbocycles. The van der Waals surface area contributed by atoms with Crippen molar-refractivity contribution in [2.24, 2.45) is 11.8 Å². The van der Waals surface area contributed by atoms with Gasteiger partial charge in [-0.15, -0.1) is 0 Å². The van der Waals surface area contributed by atoms with Crippen LogP contribution in [0.3, 0.4) is 0 Å². The number of carbonyl (C=O) groups excluding carboxylic acids is 1. The van der Waals surface area contributed by atoms with E-state index in [0.29, 0.717) is 23.8 Å². The number of carbonyl (C=O) groups is 1. The first-order chi connectivity index (χ1) is 10.1. The van der Waals surface area contributed by atoms with Crippen molar-refractivity contribution in [2.45, 2.75) is 52.5 Å². The molecule has 2 fully saturated rings. The lowest BCUT2D eigenvalue weighted by atomic mass is 9.85. The number of piperidine rings is 1. The first-order valence-electron chi connectivity index (χ1n) is 8.84. The summed E-state index contributed by atoms with van der Waals surface area (Å²) in [5.74, 6) is 1.57. The van der Waals surface area contributed by atoms with Crippen molar-refractivity contribution in [3.8, 4) is 0 Å². The van der Waals surface area contributed by atoms with Crippen LogP contribution in [0.15, 0.2) is 0 Å². The zero-order valence-corrected chi connectivity index (χ0v) is 14.1. The van der Waals surface area contributed by atoms with Crippen molar-refractivity contribution in [1.29, 1.82) is 0 Å². The first kappa shape index (κ1) is 16.8. The van der Waals surface area contributed by atoms with E-state index in [-0.39, 0.29) is 0 Å². The lowest BCUT2D eigenvalue weighted by Crippen LogP contribution is -2.51. The zero-order valence-electron chi connectivity index (χ0n) is 14.1. The molecule has 122 valence electrons. The predicted molar refractivity (Wildman–Crippen MR) is 87.3 cm³/mol. The van der Waals surface area contributed by atoms with E-state index in [1.807, 2.05) is 0 Å². The van der Waals surface area contributed by atoms with E-state index in [2.05, 4.69) is 35.9 Å². The van der Waals surface area contributed by atoms with Crippen molar-refractivity contribution in [2.75, 3.05) is 39.3 Å². The fraction of sp³-hybridized carbons (Fsp3) is 0.941. The van der Waals surface area contributed by atoms with Gasteiger partial charge in [0.05, 0.1) is 0 Å². The molecule has 0 radical (unpaired) electrons. The Morgan fingerprint density at radius 3 is 2.52 bits per heavy atom. The fourth-order valence-corrected chi connectivity index (χ4v) is 3.61. The van der Waals surface area contributed by atoms with E-state index in [4.69, 9.17) is 0 Å². The molecular weight excluding hydrogens is 262 g/mol. The molecule has 2 aliphatic rings. The zero-order chi connectivity index (χ0) is 15.2. The van der Waals surface area contributed by atoms with Crippen LogP contribution in [0.25, 0.3) is 0 Å². The van der Waals surface area contributed by atoms with Gasteiger partial charge in [-0.2, -0.15) is 0 Å². The fourth-order valence-electron chi connectivity index (χ4n) is 3.61.